The summed E-state index contributed by atoms with van der Waals surface area (Å²) in [5.41, 5.74) is 2.02. The van der Waals surface area contributed by atoms with Crippen LogP contribution in [0, 0.1) is 12.8 Å². The third kappa shape index (κ3) is 4.90. The highest BCUT2D eigenvalue weighted by molar-refractivity contribution is 8.00. The molecule has 1 amide bonds. The van der Waals surface area contributed by atoms with Gasteiger partial charge in [-0.3, -0.25) is 9.59 Å². The minimum Gasteiger partial charge on any atom is -0.466 e. The summed E-state index contributed by atoms with van der Waals surface area (Å²) in [6.45, 7) is 7.14. The van der Waals surface area contributed by atoms with Gasteiger partial charge in [0.1, 0.15) is 0 Å². The van der Waals surface area contributed by atoms with Crippen molar-refractivity contribution in [2.45, 2.75) is 44.0 Å². The maximum atomic E-state index is 12.8. The molecule has 2 N–H and O–H groups in total. The molecule has 8 nitrogen and oxygen atoms in total. The van der Waals surface area contributed by atoms with Gasteiger partial charge in [-0.25, -0.2) is 4.68 Å². The molecule has 0 spiro atoms. The number of thioether (sulfide) groups is 1. The predicted octanol–water partition coefficient (Wildman–Crippen LogP) is 2.25. The van der Waals surface area contributed by atoms with Crippen LogP contribution in [0.3, 0.4) is 0 Å². The third-order valence-corrected chi connectivity index (χ3v) is 6.08. The lowest BCUT2D eigenvalue weighted by atomic mass is 9.97. The highest BCUT2D eigenvalue weighted by Crippen LogP contribution is 2.27. The number of amides is 1. The Bertz CT molecular complexity index is 860. The molecule has 2 heterocycles. The molecule has 1 aliphatic heterocycles. The Balaban J connectivity index is 1.59. The first kappa shape index (κ1) is 21.2. The quantitative estimate of drug-likeness (QED) is 0.437. The van der Waals surface area contributed by atoms with E-state index in [1.54, 1.807) is 11.8 Å². The zero-order chi connectivity index (χ0) is 21.0. The highest BCUT2D eigenvalue weighted by Gasteiger charge is 2.31. The van der Waals surface area contributed by atoms with Crippen LogP contribution in [0.2, 0.25) is 0 Å². The third-order valence-electron chi connectivity index (χ3n) is 5.03. The van der Waals surface area contributed by atoms with Crippen molar-refractivity contribution in [1.82, 2.24) is 19.8 Å². The molecule has 1 aromatic carbocycles. The summed E-state index contributed by atoms with van der Waals surface area (Å²) >= 11 is 1.29. The number of carbonyl (C=O) groups excluding carboxylic acids is 2. The number of nitrogen functional groups attached to an aromatic ring is 1. The minimum atomic E-state index is -0.355. The van der Waals surface area contributed by atoms with Gasteiger partial charge in [-0.1, -0.05) is 41.6 Å². The second-order valence-corrected chi connectivity index (χ2v) is 8.46. The zero-order valence-electron chi connectivity index (χ0n) is 17.0. The molecule has 0 aliphatic carbocycles. The maximum absolute atomic E-state index is 12.8. The van der Waals surface area contributed by atoms with Gasteiger partial charge in [0.05, 0.1) is 17.8 Å². The summed E-state index contributed by atoms with van der Waals surface area (Å²) in [7, 11) is 0. The summed E-state index contributed by atoms with van der Waals surface area (Å²) in [5.74, 6) is 6.46. The Morgan fingerprint density at radius 3 is 2.52 bits per heavy atom. The first-order valence-electron chi connectivity index (χ1n) is 9.80. The standard InChI is InChI=1S/C20H27N5O3S/c1-4-28-19(27)16-9-11-24(12-10-16)18(26)14(3)29-20-23-22-17(25(20)21)15-7-5-13(2)6-8-15/h5-8,14,16H,4,9-12,21H2,1-3H3. The van der Waals surface area contributed by atoms with E-state index in [9.17, 15) is 9.59 Å². The van der Waals surface area contributed by atoms with Crippen molar-refractivity contribution in [2.75, 3.05) is 25.5 Å². The Hall–Kier alpha value is -2.55. The number of piperidine rings is 1. The van der Waals surface area contributed by atoms with E-state index < -0.39 is 0 Å². The van der Waals surface area contributed by atoms with Crippen LogP contribution in [-0.4, -0.2) is 56.6 Å². The molecule has 0 bridgehead atoms. The summed E-state index contributed by atoms with van der Waals surface area (Å²) < 4.78 is 6.51. The molecule has 29 heavy (non-hydrogen) atoms. The molecule has 0 saturated carbocycles. The van der Waals surface area contributed by atoms with E-state index in [-0.39, 0.29) is 23.0 Å². The molecular weight excluding hydrogens is 390 g/mol. The lowest BCUT2D eigenvalue weighted by molar-refractivity contribution is -0.151. The van der Waals surface area contributed by atoms with Gasteiger partial charge in [0.25, 0.3) is 0 Å². The molecule has 1 fully saturated rings. The summed E-state index contributed by atoms with van der Waals surface area (Å²) in [4.78, 5) is 26.5. The number of hydrogen-bond donors (Lipinski definition) is 1. The number of rotatable bonds is 6. The number of benzene rings is 1. The second kappa shape index (κ2) is 9.30. The Kier molecular flexibility index (Phi) is 6.79. The van der Waals surface area contributed by atoms with E-state index in [0.717, 1.165) is 11.1 Å². The average Bonchev–Trinajstić information content (AvgIpc) is 3.08. The van der Waals surface area contributed by atoms with E-state index in [2.05, 4.69) is 10.2 Å². The van der Waals surface area contributed by atoms with Crippen molar-refractivity contribution < 1.29 is 14.3 Å². The van der Waals surface area contributed by atoms with Crippen molar-refractivity contribution in [3.63, 3.8) is 0 Å². The van der Waals surface area contributed by atoms with Gasteiger partial charge in [-0.2, -0.15) is 0 Å². The molecule has 1 aliphatic rings. The molecule has 1 atom stereocenters. The summed E-state index contributed by atoms with van der Waals surface area (Å²) in [6.07, 6.45) is 1.26. The Morgan fingerprint density at radius 2 is 1.90 bits per heavy atom. The topological polar surface area (TPSA) is 103 Å². The second-order valence-electron chi connectivity index (χ2n) is 7.15. The van der Waals surface area contributed by atoms with Crippen LogP contribution in [0.4, 0.5) is 0 Å². The van der Waals surface area contributed by atoms with Crippen molar-refractivity contribution in [2.24, 2.45) is 5.92 Å². The zero-order valence-corrected chi connectivity index (χ0v) is 17.8. The van der Waals surface area contributed by atoms with Gasteiger partial charge in [-0.05, 0) is 33.6 Å². The van der Waals surface area contributed by atoms with E-state index in [4.69, 9.17) is 10.6 Å². The number of nitrogens with zero attached hydrogens (tertiary/aromatic N) is 4. The van der Waals surface area contributed by atoms with Crippen LogP contribution in [0.1, 0.15) is 32.3 Å². The number of hydrogen-bond acceptors (Lipinski definition) is 7. The maximum Gasteiger partial charge on any atom is 0.309 e. The van der Waals surface area contributed by atoms with E-state index in [1.807, 2.05) is 38.1 Å². The molecule has 9 heteroatoms. The van der Waals surface area contributed by atoms with Crippen LogP contribution in [0.15, 0.2) is 29.4 Å². The van der Waals surface area contributed by atoms with Crippen LogP contribution in [0.25, 0.3) is 11.4 Å². The van der Waals surface area contributed by atoms with Crippen LogP contribution in [0.5, 0.6) is 0 Å². The molecule has 1 saturated heterocycles. The number of carbonyl (C=O) groups is 2. The van der Waals surface area contributed by atoms with Crippen LogP contribution < -0.4 is 5.84 Å². The van der Waals surface area contributed by atoms with Gasteiger partial charge in [-0.15, -0.1) is 10.2 Å². The fourth-order valence-corrected chi connectivity index (χ4v) is 4.17. The SMILES string of the molecule is CCOC(=O)C1CCN(C(=O)C(C)Sc2nnc(-c3ccc(C)cc3)n2N)CC1. The van der Waals surface area contributed by atoms with Gasteiger partial charge in [0.2, 0.25) is 11.1 Å². The lowest BCUT2D eigenvalue weighted by Crippen LogP contribution is -2.43. The Labute approximate surface area is 174 Å². The number of esters is 1. The smallest absolute Gasteiger partial charge is 0.309 e. The minimum absolute atomic E-state index is 0.0113. The normalized spacial score (nSPS) is 15.9. The first-order valence-corrected chi connectivity index (χ1v) is 10.7. The predicted molar refractivity (Wildman–Crippen MR) is 112 cm³/mol. The number of aryl methyl sites for hydroxylation is 1. The summed E-state index contributed by atoms with van der Waals surface area (Å²) in [5, 5.41) is 8.47. The number of ether oxygens (including phenoxy) is 1. The first-order chi connectivity index (χ1) is 13.9. The fourth-order valence-electron chi connectivity index (χ4n) is 3.32. The van der Waals surface area contributed by atoms with Gasteiger partial charge >= 0.3 is 5.97 Å². The molecule has 2 aromatic rings. The average molecular weight is 418 g/mol. The number of aromatic nitrogens is 3. The van der Waals surface area contributed by atoms with Gasteiger partial charge < -0.3 is 15.5 Å². The van der Waals surface area contributed by atoms with Gasteiger partial charge in [0, 0.05) is 18.7 Å². The van der Waals surface area contributed by atoms with Crippen molar-refractivity contribution >= 4 is 23.6 Å². The van der Waals surface area contributed by atoms with Crippen LogP contribution >= 0.6 is 11.8 Å². The molecule has 1 unspecified atom stereocenters. The van der Waals surface area contributed by atoms with Crippen molar-refractivity contribution in [3.8, 4) is 11.4 Å². The Morgan fingerprint density at radius 1 is 1.24 bits per heavy atom. The van der Waals surface area contributed by atoms with E-state index >= 15 is 0 Å². The molecule has 3 rings (SSSR count). The lowest BCUT2D eigenvalue weighted by Gasteiger charge is -2.32. The number of nitrogens with two attached hydrogens (primary N) is 1. The molecule has 1 aromatic heterocycles. The fraction of sp³-hybridized carbons (Fsp3) is 0.500. The van der Waals surface area contributed by atoms with Crippen LogP contribution in [-0.2, 0) is 14.3 Å². The summed E-state index contributed by atoms with van der Waals surface area (Å²) in [6, 6.07) is 7.87. The monoisotopic (exact) mass is 417 g/mol. The highest BCUT2D eigenvalue weighted by atomic mass is 32.2. The molecular formula is C20H27N5O3S. The van der Waals surface area contributed by atoms with Crippen molar-refractivity contribution in [3.05, 3.63) is 29.8 Å². The molecule has 0 radical (unpaired) electrons. The van der Waals surface area contributed by atoms with E-state index in [0.29, 0.717) is 43.5 Å². The van der Waals surface area contributed by atoms with Crippen molar-refractivity contribution in [1.29, 1.82) is 0 Å². The van der Waals surface area contributed by atoms with E-state index in [1.165, 1.54) is 16.4 Å². The number of likely N-dealkylation sites (tertiary alicyclic amines) is 1. The van der Waals surface area contributed by atoms with Gasteiger partial charge in [0.15, 0.2) is 5.82 Å². The largest absolute Gasteiger partial charge is 0.466 e. The molecule has 156 valence electrons.